The van der Waals surface area contributed by atoms with Crippen LogP contribution in [0.25, 0.3) is 16.7 Å². The molecule has 3 aromatic heterocycles. The van der Waals surface area contributed by atoms with Crippen LogP contribution in [0.3, 0.4) is 0 Å². The number of para-hydroxylation sites is 2. The number of aromatic nitrogens is 4. The van der Waals surface area contributed by atoms with E-state index in [1.54, 1.807) is 42.1 Å². The Hall–Kier alpha value is -3.16. The molecule has 1 aliphatic carbocycles. The lowest BCUT2D eigenvalue weighted by Crippen LogP contribution is -2.39. The summed E-state index contributed by atoms with van der Waals surface area (Å²) in [6, 6.07) is 13.0. The normalized spacial score (nSPS) is 18.0. The summed E-state index contributed by atoms with van der Waals surface area (Å²) in [5, 5.41) is 3.92. The third kappa shape index (κ3) is 4.83. The molecule has 1 saturated carbocycles. The minimum absolute atomic E-state index is 0.0900. The number of benzene rings is 1. The third-order valence-corrected chi connectivity index (χ3v) is 7.14. The van der Waals surface area contributed by atoms with Crippen molar-refractivity contribution in [2.75, 3.05) is 0 Å². The number of rotatable bonds is 5. The van der Waals surface area contributed by atoms with Crippen LogP contribution in [-0.4, -0.2) is 31.1 Å². The fourth-order valence-electron chi connectivity index (χ4n) is 4.91. The highest BCUT2D eigenvalue weighted by atomic mass is 35.5. The van der Waals surface area contributed by atoms with Crippen LogP contribution in [0.15, 0.2) is 59.7 Å². The molecule has 1 N–H and O–H groups in total. The molecule has 0 spiro atoms. The average Bonchev–Trinajstić information content (AvgIpc) is 3.13. The summed E-state index contributed by atoms with van der Waals surface area (Å²) < 4.78 is 3.55. The van der Waals surface area contributed by atoms with Gasteiger partial charge in [0.15, 0.2) is 0 Å². The smallest absolute Gasteiger partial charge is 0.333 e. The first-order valence-corrected chi connectivity index (χ1v) is 12.4. The highest BCUT2D eigenvalue weighted by Gasteiger charge is 2.25. The van der Waals surface area contributed by atoms with E-state index < -0.39 is 0 Å². The highest BCUT2D eigenvalue weighted by Crippen LogP contribution is 2.28. The predicted octanol–water partition coefficient (Wildman–Crippen LogP) is 5.19. The molecule has 180 valence electrons. The van der Waals surface area contributed by atoms with Gasteiger partial charge in [-0.25, -0.2) is 9.78 Å². The Labute approximate surface area is 212 Å². The lowest BCUT2D eigenvalue weighted by atomic mass is 9.85. The van der Waals surface area contributed by atoms with Gasteiger partial charge in [-0.05, 0) is 68.9 Å². The molecule has 4 aromatic rings. The van der Waals surface area contributed by atoms with Gasteiger partial charge in [0.2, 0.25) is 0 Å². The summed E-state index contributed by atoms with van der Waals surface area (Å²) in [6.07, 6.45) is 6.71. The molecule has 3 heterocycles. The number of nitrogens with zero attached hydrogens (tertiary/aromatic N) is 4. The predicted molar refractivity (Wildman–Crippen MR) is 138 cm³/mol. The summed E-state index contributed by atoms with van der Waals surface area (Å²) in [6.45, 7) is 2.43. The van der Waals surface area contributed by atoms with Crippen LogP contribution < -0.4 is 11.0 Å². The minimum atomic E-state index is -0.142. The van der Waals surface area contributed by atoms with Crippen molar-refractivity contribution in [3.63, 3.8) is 0 Å². The summed E-state index contributed by atoms with van der Waals surface area (Å²) in [5.74, 6) is 0.201. The van der Waals surface area contributed by atoms with Crippen LogP contribution >= 0.6 is 23.2 Å². The van der Waals surface area contributed by atoms with E-state index in [1.165, 1.54) is 0 Å². The Kier molecular flexibility index (Phi) is 6.62. The SMILES string of the molecule is Cc1ncc(Cl)cc1C(=O)NC1CCC(Cn2c(=O)n(-c3ccnc(Cl)c3)c3ccccc32)CC1. The van der Waals surface area contributed by atoms with Crippen LogP contribution in [0.4, 0.5) is 0 Å². The molecule has 0 aliphatic heterocycles. The Morgan fingerprint density at radius 2 is 1.80 bits per heavy atom. The van der Waals surface area contributed by atoms with Crippen molar-refractivity contribution in [2.45, 2.75) is 45.2 Å². The number of aryl methyl sites for hydroxylation is 1. The first-order valence-electron chi connectivity index (χ1n) is 11.7. The maximum Gasteiger partial charge on any atom is 0.333 e. The molecule has 5 rings (SSSR count). The van der Waals surface area contributed by atoms with E-state index in [0.29, 0.717) is 39.6 Å². The van der Waals surface area contributed by atoms with Gasteiger partial charge >= 0.3 is 5.69 Å². The van der Waals surface area contributed by atoms with E-state index in [2.05, 4.69) is 15.3 Å². The van der Waals surface area contributed by atoms with Gasteiger partial charge in [0, 0.05) is 25.0 Å². The molecule has 0 bridgehead atoms. The molecule has 1 fully saturated rings. The largest absolute Gasteiger partial charge is 0.349 e. The van der Waals surface area contributed by atoms with E-state index in [-0.39, 0.29) is 17.6 Å². The molecular formula is C26H25Cl2N5O2. The van der Waals surface area contributed by atoms with Gasteiger partial charge in [0.05, 0.1) is 33.0 Å². The van der Waals surface area contributed by atoms with Crippen LogP contribution in [0, 0.1) is 12.8 Å². The maximum atomic E-state index is 13.5. The van der Waals surface area contributed by atoms with Gasteiger partial charge in [-0.2, -0.15) is 0 Å². The Morgan fingerprint density at radius 3 is 2.54 bits per heavy atom. The molecule has 0 radical (unpaired) electrons. The second-order valence-electron chi connectivity index (χ2n) is 9.03. The molecule has 1 aliphatic rings. The lowest BCUT2D eigenvalue weighted by molar-refractivity contribution is 0.0919. The monoisotopic (exact) mass is 509 g/mol. The Morgan fingerprint density at radius 1 is 1.06 bits per heavy atom. The molecule has 1 aromatic carbocycles. The van der Waals surface area contributed by atoms with Crippen molar-refractivity contribution in [3.05, 3.63) is 86.8 Å². The number of hydrogen-bond acceptors (Lipinski definition) is 4. The number of imidazole rings is 1. The number of fused-ring (bicyclic) bond motifs is 1. The van der Waals surface area contributed by atoms with E-state index in [4.69, 9.17) is 23.2 Å². The standard InChI is InChI=1S/C26H25Cl2N5O2/c1-16-21(12-18(27)14-30-16)25(34)31-19-8-6-17(7-9-19)15-32-22-4-2-3-5-23(22)33(26(32)35)20-10-11-29-24(28)13-20/h2-5,10-14,17,19H,6-9,15H2,1H3,(H,31,34). The molecular weight excluding hydrogens is 485 g/mol. The van der Waals surface area contributed by atoms with E-state index in [1.807, 2.05) is 28.8 Å². The van der Waals surface area contributed by atoms with Crippen LogP contribution in [0.1, 0.15) is 41.7 Å². The van der Waals surface area contributed by atoms with Crippen molar-refractivity contribution < 1.29 is 4.79 Å². The fourth-order valence-corrected chi connectivity index (χ4v) is 5.24. The lowest BCUT2D eigenvalue weighted by Gasteiger charge is -2.29. The quantitative estimate of drug-likeness (QED) is 0.375. The van der Waals surface area contributed by atoms with Gasteiger partial charge < -0.3 is 5.32 Å². The number of carbonyl (C=O) groups is 1. The van der Waals surface area contributed by atoms with Gasteiger partial charge in [-0.3, -0.25) is 18.9 Å². The summed E-state index contributed by atoms with van der Waals surface area (Å²) in [7, 11) is 0. The minimum Gasteiger partial charge on any atom is -0.349 e. The first-order chi connectivity index (χ1) is 16.9. The van der Waals surface area contributed by atoms with Crippen molar-refractivity contribution in [1.29, 1.82) is 0 Å². The van der Waals surface area contributed by atoms with Crippen LogP contribution in [-0.2, 0) is 6.54 Å². The van der Waals surface area contributed by atoms with Gasteiger partial charge in [-0.1, -0.05) is 35.3 Å². The summed E-state index contributed by atoms with van der Waals surface area (Å²) in [4.78, 5) is 34.4. The number of pyridine rings is 2. The molecule has 0 unspecified atom stereocenters. The zero-order valence-corrected chi connectivity index (χ0v) is 20.8. The third-order valence-electron chi connectivity index (χ3n) is 6.72. The topological polar surface area (TPSA) is 81.8 Å². The second kappa shape index (κ2) is 9.84. The molecule has 1 amide bonds. The fraction of sp³-hybridized carbons (Fsp3) is 0.308. The van der Waals surface area contributed by atoms with E-state index in [0.717, 1.165) is 36.7 Å². The number of halogens is 2. The molecule has 0 saturated heterocycles. The number of amides is 1. The van der Waals surface area contributed by atoms with E-state index in [9.17, 15) is 9.59 Å². The molecule has 35 heavy (non-hydrogen) atoms. The zero-order chi connectivity index (χ0) is 24.5. The number of hydrogen-bond donors (Lipinski definition) is 1. The Bertz CT molecular complexity index is 1450. The molecule has 0 atom stereocenters. The summed E-state index contributed by atoms with van der Waals surface area (Å²) >= 11 is 12.1. The van der Waals surface area contributed by atoms with Crippen molar-refractivity contribution in [3.8, 4) is 5.69 Å². The van der Waals surface area contributed by atoms with Crippen LogP contribution in [0.5, 0.6) is 0 Å². The maximum absolute atomic E-state index is 13.5. The van der Waals surface area contributed by atoms with Gasteiger partial charge in [0.25, 0.3) is 5.91 Å². The van der Waals surface area contributed by atoms with Crippen molar-refractivity contribution in [2.24, 2.45) is 5.92 Å². The van der Waals surface area contributed by atoms with Crippen LogP contribution in [0.2, 0.25) is 10.2 Å². The highest BCUT2D eigenvalue weighted by molar-refractivity contribution is 6.30. The first kappa shape index (κ1) is 23.6. The molecule has 9 heteroatoms. The zero-order valence-electron chi connectivity index (χ0n) is 19.2. The number of carbonyl (C=O) groups excluding carboxylic acids is 1. The van der Waals surface area contributed by atoms with Gasteiger partial charge in [-0.15, -0.1) is 0 Å². The van der Waals surface area contributed by atoms with E-state index >= 15 is 0 Å². The molecule has 7 nitrogen and oxygen atoms in total. The van der Waals surface area contributed by atoms with Crippen molar-refractivity contribution >= 4 is 40.1 Å². The van der Waals surface area contributed by atoms with Gasteiger partial charge in [0.1, 0.15) is 5.15 Å². The second-order valence-corrected chi connectivity index (χ2v) is 9.86. The Balaban J connectivity index is 1.31. The van der Waals surface area contributed by atoms with Crippen molar-refractivity contribution in [1.82, 2.24) is 24.4 Å². The summed E-state index contributed by atoms with van der Waals surface area (Å²) in [5.41, 5.74) is 3.51. The number of nitrogens with one attached hydrogen (secondary N) is 1. The average molecular weight is 510 g/mol.